The van der Waals surface area contributed by atoms with Gasteiger partial charge in [0.2, 0.25) is 0 Å². The molecule has 0 bridgehead atoms. The van der Waals surface area contributed by atoms with E-state index in [1.165, 1.54) is 11.1 Å². The molecule has 1 aromatic rings. The maximum Gasteiger partial charge on any atom is 0.0461 e. The molecular weight excluding hydrogens is 238 g/mol. The molecule has 0 aliphatic heterocycles. The van der Waals surface area contributed by atoms with Crippen LogP contribution in [0.1, 0.15) is 50.7 Å². The molecule has 2 N–H and O–H groups in total. The van der Waals surface area contributed by atoms with Crippen molar-refractivity contribution in [3.63, 3.8) is 0 Å². The highest BCUT2D eigenvalue weighted by atomic mass is 79.9. The van der Waals surface area contributed by atoms with Gasteiger partial charge in [-0.2, -0.15) is 0 Å². The molecule has 0 amide bonds. The van der Waals surface area contributed by atoms with Crippen LogP contribution >= 0.6 is 15.9 Å². The summed E-state index contributed by atoms with van der Waals surface area (Å²) in [7, 11) is 0. The summed E-state index contributed by atoms with van der Waals surface area (Å²) in [6.07, 6.45) is 0. The molecule has 1 nitrogen and oxygen atoms in total. The third-order valence-electron chi connectivity index (χ3n) is 2.45. The fraction of sp³-hybridized carbons (Fsp3) is 0.500. The zero-order valence-electron chi connectivity index (χ0n) is 9.26. The summed E-state index contributed by atoms with van der Waals surface area (Å²) in [5.41, 5.74) is 9.46. The number of halogens is 1. The van der Waals surface area contributed by atoms with Crippen molar-refractivity contribution in [2.45, 2.75) is 39.5 Å². The summed E-state index contributed by atoms with van der Waals surface area (Å²) in [5.74, 6) is 1.08. The quantitative estimate of drug-likeness (QED) is 0.785. The van der Waals surface area contributed by atoms with Crippen molar-refractivity contribution in [3.8, 4) is 0 Å². The van der Waals surface area contributed by atoms with Crippen molar-refractivity contribution in [1.29, 1.82) is 0 Å². The van der Waals surface area contributed by atoms with Gasteiger partial charge in [0, 0.05) is 10.2 Å². The van der Waals surface area contributed by atoms with Gasteiger partial charge in [-0.3, -0.25) is 0 Å². The maximum absolute atomic E-state index is 5.88. The molecule has 0 aromatic heterocycles. The molecule has 0 unspecified atom stereocenters. The van der Waals surface area contributed by atoms with E-state index in [1.54, 1.807) is 0 Å². The Morgan fingerprint density at radius 3 is 1.86 bits per heavy atom. The second kappa shape index (κ2) is 4.35. The van der Waals surface area contributed by atoms with Crippen LogP contribution in [0.3, 0.4) is 0 Å². The molecule has 78 valence electrons. The van der Waals surface area contributed by atoms with Gasteiger partial charge in [-0.15, -0.1) is 0 Å². The first-order valence-corrected chi connectivity index (χ1v) is 5.81. The average molecular weight is 256 g/mol. The Morgan fingerprint density at radius 1 is 1.00 bits per heavy atom. The topological polar surface area (TPSA) is 26.0 Å². The smallest absolute Gasteiger partial charge is 0.0461 e. The normalized spacial score (nSPS) is 11.4. The van der Waals surface area contributed by atoms with Crippen LogP contribution in [0.15, 0.2) is 16.6 Å². The highest BCUT2D eigenvalue weighted by Gasteiger charge is 2.12. The molecule has 1 aromatic carbocycles. The van der Waals surface area contributed by atoms with E-state index in [0.29, 0.717) is 11.8 Å². The van der Waals surface area contributed by atoms with Crippen LogP contribution in [-0.2, 0) is 0 Å². The van der Waals surface area contributed by atoms with Gasteiger partial charge < -0.3 is 5.73 Å². The SMILES string of the molecule is CC(C)c1cc(N)c(Br)cc1C(C)C. The molecule has 0 aliphatic carbocycles. The van der Waals surface area contributed by atoms with Gasteiger partial charge in [0.15, 0.2) is 0 Å². The van der Waals surface area contributed by atoms with Crippen molar-refractivity contribution in [2.24, 2.45) is 0 Å². The lowest BCUT2D eigenvalue weighted by Crippen LogP contribution is -2.01. The zero-order chi connectivity index (χ0) is 10.9. The molecule has 0 radical (unpaired) electrons. The summed E-state index contributed by atoms with van der Waals surface area (Å²) >= 11 is 3.47. The molecule has 0 atom stereocenters. The van der Waals surface area contributed by atoms with E-state index in [4.69, 9.17) is 5.73 Å². The third-order valence-corrected chi connectivity index (χ3v) is 3.13. The molecule has 1 rings (SSSR count). The summed E-state index contributed by atoms with van der Waals surface area (Å²) < 4.78 is 1.01. The predicted molar refractivity (Wildman–Crippen MR) is 66.7 cm³/mol. The largest absolute Gasteiger partial charge is 0.398 e. The van der Waals surface area contributed by atoms with Gasteiger partial charge in [0.05, 0.1) is 0 Å². The van der Waals surface area contributed by atoms with Crippen LogP contribution in [0.2, 0.25) is 0 Å². The molecule has 0 saturated carbocycles. The fourth-order valence-electron chi connectivity index (χ4n) is 1.62. The predicted octanol–water partition coefficient (Wildman–Crippen LogP) is 4.28. The first-order chi connectivity index (χ1) is 6.43. The van der Waals surface area contributed by atoms with Crippen LogP contribution in [-0.4, -0.2) is 0 Å². The van der Waals surface area contributed by atoms with E-state index in [9.17, 15) is 0 Å². The van der Waals surface area contributed by atoms with E-state index in [1.807, 2.05) is 0 Å². The number of hydrogen-bond acceptors (Lipinski definition) is 1. The van der Waals surface area contributed by atoms with Crippen molar-refractivity contribution in [2.75, 3.05) is 5.73 Å². The zero-order valence-corrected chi connectivity index (χ0v) is 10.9. The van der Waals surface area contributed by atoms with E-state index in [-0.39, 0.29) is 0 Å². The van der Waals surface area contributed by atoms with Crippen LogP contribution < -0.4 is 5.73 Å². The van der Waals surface area contributed by atoms with Crippen molar-refractivity contribution in [3.05, 3.63) is 27.7 Å². The van der Waals surface area contributed by atoms with Gasteiger partial charge >= 0.3 is 0 Å². The monoisotopic (exact) mass is 255 g/mol. The lowest BCUT2D eigenvalue weighted by Gasteiger charge is -2.17. The van der Waals surface area contributed by atoms with Gasteiger partial charge in [-0.05, 0) is 51.0 Å². The minimum atomic E-state index is 0.530. The average Bonchev–Trinajstić information content (AvgIpc) is 2.08. The summed E-state index contributed by atoms with van der Waals surface area (Å²) in [6.45, 7) is 8.83. The van der Waals surface area contributed by atoms with Gasteiger partial charge in [-0.1, -0.05) is 27.7 Å². The lowest BCUT2D eigenvalue weighted by molar-refractivity contribution is 0.790. The second-order valence-corrected chi connectivity index (χ2v) is 5.17. The van der Waals surface area contributed by atoms with E-state index in [0.717, 1.165) is 10.2 Å². The molecule has 2 heteroatoms. The van der Waals surface area contributed by atoms with Gasteiger partial charge in [0.25, 0.3) is 0 Å². The molecule has 14 heavy (non-hydrogen) atoms. The Bertz CT molecular complexity index is 296. The molecule has 0 saturated heterocycles. The van der Waals surface area contributed by atoms with Crippen LogP contribution in [0.4, 0.5) is 5.69 Å². The maximum atomic E-state index is 5.88. The Balaban J connectivity index is 3.31. The van der Waals surface area contributed by atoms with Crippen molar-refractivity contribution < 1.29 is 0 Å². The van der Waals surface area contributed by atoms with Crippen LogP contribution in [0.5, 0.6) is 0 Å². The number of nitrogens with two attached hydrogens (primary N) is 1. The number of hydrogen-bond donors (Lipinski definition) is 1. The Kier molecular flexibility index (Phi) is 3.59. The molecule has 0 heterocycles. The summed E-state index contributed by atoms with van der Waals surface area (Å²) in [4.78, 5) is 0. The summed E-state index contributed by atoms with van der Waals surface area (Å²) in [5, 5.41) is 0. The molecular formula is C12H18BrN. The fourth-order valence-corrected chi connectivity index (χ4v) is 1.98. The Morgan fingerprint density at radius 2 is 1.43 bits per heavy atom. The molecule has 0 spiro atoms. The third kappa shape index (κ3) is 2.30. The highest BCUT2D eigenvalue weighted by Crippen LogP contribution is 2.32. The second-order valence-electron chi connectivity index (χ2n) is 4.31. The highest BCUT2D eigenvalue weighted by molar-refractivity contribution is 9.10. The van der Waals surface area contributed by atoms with E-state index < -0.39 is 0 Å². The number of rotatable bonds is 2. The summed E-state index contributed by atoms with van der Waals surface area (Å²) in [6, 6.07) is 4.24. The van der Waals surface area contributed by atoms with Crippen molar-refractivity contribution >= 4 is 21.6 Å². The Hall–Kier alpha value is -0.500. The minimum absolute atomic E-state index is 0.530. The number of anilines is 1. The lowest BCUT2D eigenvalue weighted by atomic mass is 9.90. The minimum Gasteiger partial charge on any atom is -0.398 e. The first-order valence-electron chi connectivity index (χ1n) is 5.02. The standard InChI is InChI=1S/C12H18BrN/c1-7(2)9-5-11(13)12(14)6-10(9)8(3)4/h5-8H,14H2,1-4H3. The molecule has 0 aliphatic rings. The number of benzene rings is 1. The number of nitrogen functional groups attached to an aromatic ring is 1. The van der Waals surface area contributed by atoms with E-state index >= 15 is 0 Å². The van der Waals surface area contributed by atoms with Gasteiger partial charge in [0.1, 0.15) is 0 Å². The van der Waals surface area contributed by atoms with Crippen molar-refractivity contribution in [1.82, 2.24) is 0 Å². The van der Waals surface area contributed by atoms with Gasteiger partial charge in [-0.25, -0.2) is 0 Å². The first kappa shape index (κ1) is 11.6. The van der Waals surface area contributed by atoms with Crippen LogP contribution in [0, 0.1) is 0 Å². The van der Waals surface area contributed by atoms with Crippen LogP contribution in [0.25, 0.3) is 0 Å². The molecule has 0 fully saturated rings. The van der Waals surface area contributed by atoms with E-state index in [2.05, 4.69) is 55.8 Å². The Labute approximate surface area is 94.8 Å².